The first kappa shape index (κ1) is 17.2. The van der Waals surface area contributed by atoms with Crippen LogP contribution in [0, 0.1) is 23.0 Å². The van der Waals surface area contributed by atoms with Gasteiger partial charge in [0.25, 0.3) is 5.56 Å². The van der Waals surface area contributed by atoms with Crippen molar-refractivity contribution in [2.24, 2.45) is 0 Å². The first-order chi connectivity index (χ1) is 11.9. The summed E-state index contributed by atoms with van der Waals surface area (Å²) in [5.74, 6) is -1.43. The smallest absolute Gasteiger partial charge is 0.266 e. The van der Waals surface area contributed by atoms with E-state index in [9.17, 15) is 18.8 Å². The molecule has 0 aliphatic heterocycles. The molecule has 0 aliphatic rings. The molecule has 3 aromatic rings. The third-order valence-electron chi connectivity index (χ3n) is 3.59. The molecule has 0 amide bonds. The fourth-order valence-electron chi connectivity index (χ4n) is 2.41. The Kier molecular flexibility index (Phi) is 4.58. The zero-order valence-electron chi connectivity index (χ0n) is 12.4. The molecule has 124 valence electrons. The number of rotatable bonds is 2. The summed E-state index contributed by atoms with van der Waals surface area (Å²) in [6, 6.07) is 10.6. The van der Waals surface area contributed by atoms with Gasteiger partial charge in [-0.15, -0.1) is 0 Å². The molecule has 0 saturated carbocycles. The van der Waals surface area contributed by atoms with Crippen LogP contribution >= 0.6 is 23.2 Å². The highest BCUT2D eigenvalue weighted by atomic mass is 35.5. The van der Waals surface area contributed by atoms with Gasteiger partial charge in [-0.25, -0.2) is 8.78 Å². The molecule has 0 saturated heterocycles. The molecular weight excluding hydrogens is 369 g/mol. The molecule has 1 aromatic heterocycles. The molecule has 0 fully saturated rings. The third-order valence-corrected chi connectivity index (χ3v) is 4.33. The summed E-state index contributed by atoms with van der Waals surface area (Å²) in [4.78, 5) is 14.8. The number of hydrogen-bond donors (Lipinski definition) is 1. The second kappa shape index (κ2) is 6.67. The highest BCUT2D eigenvalue weighted by molar-refractivity contribution is 6.42. The summed E-state index contributed by atoms with van der Waals surface area (Å²) in [6.45, 7) is 0. The van der Waals surface area contributed by atoms with Crippen LogP contribution in [-0.4, -0.2) is 4.98 Å². The van der Waals surface area contributed by atoms with E-state index < -0.39 is 17.2 Å². The fourth-order valence-corrected chi connectivity index (χ4v) is 2.70. The Morgan fingerprint density at radius 3 is 2.40 bits per heavy atom. The third kappa shape index (κ3) is 3.27. The Morgan fingerprint density at radius 2 is 1.72 bits per heavy atom. The maximum atomic E-state index is 14.1. The zero-order valence-corrected chi connectivity index (χ0v) is 13.9. The van der Waals surface area contributed by atoms with Gasteiger partial charge in [0, 0.05) is 16.8 Å². The van der Waals surface area contributed by atoms with Crippen molar-refractivity contribution in [3.8, 4) is 28.5 Å². The van der Waals surface area contributed by atoms with Crippen LogP contribution in [0.25, 0.3) is 22.4 Å². The van der Waals surface area contributed by atoms with Gasteiger partial charge >= 0.3 is 0 Å². The first-order valence-electron chi connectivity index (χ1n) is 6.99. The summed E-state index contributed by atoms with van der Waals surface area (Å²) < 4.78 is 27.6. The molecule has 1 heterocycles. The van der Waals surface area contributed by atoms with E-state index in [1.165, 1.54) is 18.2 Å². The van der Waals surface area contributed by atoms with Crippen molar-refractivity contribution in [1.82, 2.24) is 4.98 Å². The molecule has 2 aromatic carbocycles. The highest BCUT2D eigenvalue weighted by Gasteiger charge is 2.16. The number of benzene rings is 2. The lowest BCUT2D eigenvalue weighted by Gasteiger charge is -2.10. The topological polar surface area (TPSA) is 56.6 Å². The Morgan fingerprint density at radius 1 is 0.960 bits per heavy atom. The molecule has 0 bridgehead atoms. The number of aromatic amines is 1. The maximum Gasteiger partial charge on any atom is 0.266 e. The molecule has 3 rings (SSSR count). The molecule has 0 spiro atoms. The van der Waals surface area contributed by atoms with E-state index in [-0.39, 0.29) is 21.7 Å². The maximum absolute atomic E-state index is 14.1. The van der Waals surface area contributed by atoms with Crippen LogP contribution in [0.3, 0.4) is 0 Å². The Balaban J connectivity index is 2.30. The van der Waals surface area contributed by atoms with E-state index in [0.29, 0.717) is 16.3 Å². The second-order valence-corrected chi connectivity index (χ2v) is 5.98. The quantitative estimate of drug-likeness (QED) is 0.670. The van der Waals surface area contributed by atoms with Crippen LogP contribution in [0.15, 0.2) is 47.3 Å². The van der Waals surface area contributed by atoms with Gasteiger partial charge in [0.05, 0.1) is 10.0 Å². The van der Waals surface area contributed by atoms with Gasteiger partial charge in [0.2, 0.25) is 0 Å². The van der Waals surface area contributed by atoms with Crippen molar-refractivity contribution in [3.05, 3.63) is 80.1 Å². The van der Waals surface area contributed by atoms with Crippen LogP contribution in [0.2, 0.25) is 10.0 Å². The lowest BCUT2D eigenvalue weighted by molar-refractivity contribution is 0.603. The number of nitriles is 1. The van der Waals surface area contributed by atoms with E-state index in [1.807, 2.05) is 0 Å². The molecule has 3 nitrogen and oxygen atoms in total. The standard InChI is InChI=1S/C18H8Cl2F2N2O/c19-14-3-1-9(5-15(14)20)17-7-11(13(8-23)18(25)24-17)12-6-10(21)2-4-16(12)22/h1-7H,(H,24,25). The number of aromatic nitrogens is 1. The minimum absolute atomic E-state index is 0.00989. The summed E-state index contributed by atoms with van der Waals surface area (Å²) in [6.07, 6.45) is 0. The van der Waals surface area contributed by atoms with E-state index in [1.54, 1.807) is 12.1 Å². The number of nitrogens with one attached hydrogen (secondary N) is 1. The normalized spacial score (nSPS) is 10.5. The summed E-state index contributed by atoms with van der Waals surface area (Å²) >= 11 is 11.9. The van der Waals surface area contributed by atoms with E-state index >= 15 is 0 Å². The predicted molar refractivity (Wildman–Crippen MR) is 92.6 cm³/mol. The average Bonchev–Trinajstić information content (AvgIpc) is 2.58. The monoisotopic (exact) mass is 376 g/mol. The van der Waals surface area contributed by atoms with Crippen molar-refractivity contribution < 1.29 is 8.78 Å². The molecular formula is C18H8Cl2F2N2O. The SMILES string of the molecule is N#Cc1c(-c2cc(F)ccc2F)cc(-c2ccc(Cl)c(Cl)c2)[nH]c1=O. The number of H-pyrrole nitrogens is 1. The summed E-state index contributed by atoms with van der Waals surface area (Å²) in [7, 11) is 0. The highest BCUT2D eigenvalue weighted by Crippen LogP contribution is 2.31. The molecule has 7 heteroatoms. The largest absolute Gasteiger partial charge is 0.321 e. The number of halogens is 4. The van der Waals surface area contributed by atoms with Crippen molar-refractivity contribution in [2.45, 2.75) is 0 Å². The molecule has 1 N–H and O–H groups in total. The molecule has 0 atom stereocenters. The predicted octanol–water partition coefficient (Wildman–Crippen LogP) is 5.17. The van der Waals surface area contributed by atoms with E-state index in [2.05, 4.69) is 4.98 Å². The summed E-state index contributed by atoms with van der Waals surface area (Å²) in [5, 5.41) is 9.84. The zero-order chi connectivity index (χ0) is 18.1. The minimum atomic E-state index is -0.747. The second-order valence-electron chi connectivity index (χ2n) is 5.17. The van der Waals surface area contributed by atoms with Gasteiger partial charge < -0.3 is 4.98 Å². The average molecular weight is 377 g/mol. The molecule has 0 radical (unpaired) electrons. The first-order valence-corrected chi connectivity index (χ1v) is 7.74. The van der Waals surface area contributed by atoms with Crippen molar-refractivity contribution in [3.63, 3.8) is 0 Å². The van der Waals surface area contributed by atoms with Crippen molar-refractivity contribution >= 4 is 23.2 Å². The number of pyridine rings is 1. The van der Waals surface area contributed by atoms with Crippen LogP contribution in [0.5, 0.6) is 0 Å². The number of nitrogens with zero attached hydrogens (tertiary/aromatic N) is 1. The van der Waals surface area contributed by atoms with E-state index in [0.717, 1.165) is 18.2 Å². The molecule has 0 unspecified atom stereocenters. The van der Waals surface area contributed by atoms with Gasteiger partial charge in [-0.05, 0) is 42.0 Å². The van der Waals surface area contributed by atoms with Gasteiger partial charge in [-0.3, -0.25) is 4.79 Å². The number of hydrogen-bond acceptors (Lipinski definition) is 2. The van der Waals surface area contributed by atoms with Gasteiger partial charge in [-0.1, -0.05) is 29.3 Å². The van der Waals surface area contributed by atoms with Gasteiger partial charge in [0.1, 0.15) is 23.3 Å². The van der Waals surface area contributed by atoms with E-state index in [4.69, 9.17) is 23.2 Å². The Labute approximate surface area is 151 Å². The van der Waals surface area contributed by atoms with Crippen molar-refractivity contribution in [2.75, 3.05) is 0 Å². The molecule has 25 heavy (non-hydrogen) atoms. The van der Waals surface area contributed by atoms with Gasteiger partial charge in [-0.2, -0.15) is 5.26 Å². The van der Waals surface area contributed by atoms with Crippen LogP contribution in [0.4, 0.5) is 8.78 Å². The van der Waals surface area contributed by atoms with Crippen LogP contribution in [-0.2, 0) is 0 Å². The lowest BCUT2D eigenvalue weighted by atomic mass is 9.98. The Hall–Kier alpha value is -2.68. The molecule has 0 aliphatic carbocycles. The summed E-state index contributed by atoms with van der Waals surface area (Å²) in [5.41, 5.74) is -0.415. The van der Waals surface area contributed by atoms with Crippen LogP contribution < -0.4 is 5.56 Å². The van der Waals surface area contributed by atoms with Gasteiger partial charge in [0.15, 0.2) is 0 Å². The minimum Gasteiger partial charge on any atom is -0.321 e. The van der Waals surface area contributed by atoms with Crippen LogP contribution in [0.1, 0.15) is 5.56 Å². The lowest BCUT2D eigenvalue weighted by Crippen LogP contribution is -2.13. The van der Waals surface area contributed by atoms with Crippen molar-refractivity contribution in [1.29, 1.82) is 5.26 Å². The Bertz CT molecular complexity index is 1090. The fraction of sp³-hybridized carbons (Fsp3) is 0.